The molecular weight excluding hydrogens is 380 g/mol. The molecule has 2 nitrogen and oxygen atoms in total. The van der Waals surface area contributed by atoms with Gasteiger partial charge in [0.25, 0.3) is 0 Å². The maximum absolute atomic E-state index is 2.64. The van der Waals surface area contributed by atoms with Crippen LogP contribution in [-0.2, 0) is 16.6 Å². The molecule has 0 spiro atoms. The van der Waals surface area contributed by atoms with Crippen LogP contribution in [0.5, 0.6) is 0 Å². The van der Waals surface area contributed by atoms with E-state index < -0.39 is 16.6 Å². The van der Waals surface area contributed by atoms with Crippen molar-refractivity contribution in [1.29, 1.82) is 0 Å². The van der Waals surface area contributed by atoms with Gasteiger partial charge in [-0.2, -0.15) is 0 Å². The summed E-state index contributed by atoms with van der Waals surface area (Å²) in [4.78, 5) is 0. The van der Waals surface area contributed by atoms with Crippen LogP contribution < -0.4 is 0 Å². The Hall–Kier alpha value is -0.432. The molecule has 0 aliphatic heterocycles. The summed E-state index contributed by atoms with van der Waals surface area (Å²) in [6.45, 7) is 0. The third-order valence-electron chi connectivity index (χ3n) is 3.40. The van der Waals surface area contributed by atoms with Crippen molar-refractivity contribution in [2.75, 3.05) is 28.2 Å². The van der Waals surface area contributed by atoms with E-state index in [2.05, 4.69) is 83.7 Å². The first kappa shape index (κ1) is 13.0. The van der Waals surface area contributed by atoms with Crippen LogP contribution in [0.1, 0.15) is 0 Å². The zero-order valence-electron chi connectivity index (χ0n) is 11.1. The van der Waals surface area contributed by atoms with Crippen molar-refractivity contribution in [3.63, 3.8) is 0 Å². The molecule has 0 radical (unpaired) electrons. The average Bonchev–Trinajstić information content (AvgIpc) is 2.88. The normalized spacial score (nSPS) is 21.5. The Balaban J connectivity index is 2.45. The Bertz CT molecular complexity index is 329. The Kier molecular flexibility index (Phi) is 3.87. The molecule has 0 unspecified atom stereocenters. The summed E-state index contributed by atoms with van der Waals surface area (Å²) in [5.41, 5.74) is 0. The van der Waals surface area contributed by atoms with Gasteiger partial charge in [0, 0.05) is 0 Å². The Morgan fingerprint density at radius 3 is 1.18 bits per heavy atom. The van der Waals surface area contributed by atoms with Crippen molar-refractivity contribution in [2.24, 2.45) is 0 Å². The summed E-state index contributed by atoms with van der Waals surface area (Å²) >= 11 is -2.64. The van der Waals surface area contributed by atoms with Gasteiger partial charge in [-0.15, -0.1) is 0 Å². The predicted octanol–water partition coefficient (Wildman–Crippen LogP) is 2.92. The molecule has 0 aromatic rings. The molecule has 2 rings (SSSR count). The third kappa shape index (κ3) is 2.03. The van der Waals surface area contributed by atoms with Crippen LogP contribution in [0, 0.1) is 0 Å². The Morgan fingerprint density at radius 2 is 0.941 bits per heavy atom. The van der Waals surface area contributed by atoms with Gasteiger partial charge in [-0.3, -0.25) is 0 Å². The molecular formula is C14H22N2W. The molecule has 2 aliphatic rings. The SMILES string of the molecule is C[N](C)[W]([CH]1C=CC=C1)([CH]1C=CC=C1)[N](C)C. The van der Waals surface area contributed by atoms with Crippen LogP contribution in [0.15, 0.2) is 48.6 Å². The van der Waals surface area contributed by atoms with E-state index >= 15 is 0 Å². The zero-order chi connectivity index (χ0) is 12.5. The van der Waals surface area contributed by atoms with Gasteiger partial charge in [0.05, 0.1) is 0 Å². The van der Waals surface area contributed by atoms with Gasteiger partial charge in [0.2, 0.25) is 0 Å². The minimum atomic E-state index is -2.64. The van der Waals surface area contributed by atoms with Crippen molar-refractivity contribution in [1.82, 2.24) is 6.92 Å². The van der Waals surface area contributed by atoms with Crippen LogP contribution in [0.25, 0.3) is 0 Å². The average molecular weight is 402 g/mol. The molecule has 2 aliphatic carbocycles. The number of nitrogens with zero attached hydrogens (tertiary/aromatic N) is 2. The van der Waals surface area contributed by atoms with Gasteiger partial charge in [0.15, 0.2) is 0 Å². The van der Waals surface area contributed by atoms with Crippen molar-refractivity contribution in [2.45, 2.75) is 8.62 Å². The van der Waals surface area contributed by atoms with Crippen LogP contribution in [0.3, 0.4) is 0 Å². The standard InChI is InChI=1S/2C5H5.2C2H6N.W/c2*1-2-4-5-3-1;2*1-3-2;/h2*1-5H;2*1-2H3;/q;;2*-1;+2. The second kappa shape index (κ2) is 5.05. The maximum atomic E-state index is 2.54. The second-order valence-corrected chi connectivity index (χ2v) is 18.5. The quantitative estimate of drug-likeness (QED) is 0.714. The van der Waals surface area contributed by atoms with E-state index in [1.807, 2.05) is 0 Å². The summed E-state index contributed by atoms with van der Waals surface area (Å²) in [5, 5.41) is 0. The number of hydrogen-bond acceptors (Lipinski definition) is 2. The van der Waals surface area contributed by atoms with Gasteiger partial charge in [-0.05, 0) is 0 Å². The Labute approximate surface area is 109 Å². The van der Waals surface area contributed by atoms with Crippen LogP contribution >= 0.6 is 0 Å². The van der Waals surface area contributed by atoms with Gasteiger partial charge in [-0.25, -0.2) is 0 Å². The Morgan fingerprint density at radius 1 is 0.647 bits per heavy atom. The van der Waals surface area contributed by atoms with E-state index in [4.69, 9.17) is 0 Å². The molecule has 0 saturated carbocycles. The van der Waals surface area contributed by atoms with Gasteiger partial charge >= 0.3 is 109 Å². The molecule has 17 heavy (non-hydrogen) atoms. The van der Waals surface area contributed by atoms with Crippen LogP contribution in [0.4, 0.5) is 0 Å². The summed E-state index contributed by atoms with van der Waals surface area (Å²) in [5.74, 6) is 0. The molecule has 0 bridgehead atoms. The monoisotopic (exact) mass is 402 g/mol. The zero-order valence-corrected chi connectivity index (χ0v) is 14.0. The van der Waals surface area contributed by atoms with Gasteiger partial charge < -0.3 is 0 Å². The number of rotatable bonds is 4. The van der Waals surface area contributed by atoms with Crippen molar-refractivity contribution in [3.05, 3.63) is 48.6 Å². The number of allylic oxidation sites excluding steroid dienone is 8. The number of hydrogen-bond donors (Lipinski definition) is 0. The topological polar surface area (TPSA) is 6.48 Å². The van der Waals surface area contributed by atoms with Gasteiger partial charge in [-0.1, -0.05) is 0 Å². The van der Waals surface area contributed by atoms with E-state index in [0.717, 1.165) is 0 Å². The fourth-order valence-corrected chi connectivity index (χ4v) is 18.0. The molecule has 0 heterocycles. The van der Waals surface area contributed by atoms with Crippen LogP contribution in [-0.4, -0.2) is 35.1 Å². The van der Waals surface area contributed by atoms with Gasteiger partial charge in [0.1, 0.15) is 0 Å². The summed E-state index contributed by atoms with van der Waals surface area (Å²) in [6, 6.07) is 0. The van der Waals surface area contributed by atoms with Crippen LogP contribution in [0.2, 0.25) is 8.62 Å². The van der Waals surface area contributed by atoms with E-state index in [1.54, 1.807) is 0 Å². The van der Waals surface area contributed by atoms with E-state index in [9.17, 15) is 0 Å². The van der Waals surface area contributed by atoms with E-state index in [0.29, 0.717) is 8.62 Å². The van der Waals surface area contributed by atoms with E-state index in [-0.39, 0.29) is 0 Å². The molecule has 94 valence electrons. The summed E-state index contributed by atoms with van der Waals surface area (Å²) in [7, 11) is 9.04. The molecule has 0 atom stereocenters. The predicted molar refractivity (Wildman–Crippen MR) is 71.4 cm³/mol. The van der Waals surface area contributed by atoms with E-state index in [1.165, 1.54) is 0 Å². The second-order valence-electron chi connectivity index (χ2n) is 4.73. The molecule has 0 fully saturated rings. The molecule has 0 aromatic carbocycles. The van der Waals surface area contributed by atoms with Crippen molar-refractivity contribution >= 4 is 0 Å². The first-order valence-corrected chi connectivity index (χ1v) is 12.0. The molecule has 0 aromatic heterocycles. The fraction of sp³-hybridized carbons (Fsp3) is 0.429. The van der Waals surface area contributed by atoms with Crippen molar-refractivity contribution < 1.29 is 16.6 Å². The minimum absolute atomic E-state index is 0.630. The molecule has 0 saturated heterocycles. The molecule has 3 heteroatoms. The molecule has 0 N–H and O–H groups in total. The van der Waals surface area contributed by atoms with Crippen molar-refractivity contribution in [3.8, 4) is 0 Å². The summed E-state index contributed by atoms with van der Waals surface area (Å²) < 4.78 is 6.35. The first-order chi connectivity index (χ1) is 8.10. The third-order valence-corrected chi connectivity index (χ3v) is 19.8. The fourth-order valence-electron chi connectivity index (χ4n) is 2.77. The first-order valence-electron chi connectivity index (χ1n) is 5.96. The molecule has 0 amide bonds. The summed E-state index contributed by atoms with van der Waals surface area (Å²) in [6.07, 6.45) is 18.3.